The number of carbonyl (C=O) groups is 3. The van der Waals surface area contributed by atoms with Gasteiger partial charge in [-0.1, -0.05) is 50.5 Å². The number of carbonyl (C=O) groups excluding carboxylic acids is 3. The Morgan fingerprint density at radius 3 is 2.16 bits per heavy atom. The van der Waals surface area contributed by atoms with Gasteiger partial charge in [0, 0.05) is 20.0 Å². The average molecular weight is 514 g/mol. The molecule has 0 spiro atoms. The van der Waals surface area contributed by atoms with E-state index < -0.39 is 6.04 Å². The molecule has 0 radical (unpaired) electrons. The number of piperazine rings is 1. The molecule has 0 bridgehead atoms. The Morgan fingerprint density at radius 2 is 1.62 bits per heavy atom. The van der Waals surface area contributed by atoms with E-state index in [9.17, 15) is 14.4 Å². The molecule has 9 heteroatoms. The van der Waals surface area contributed by atoms with Crippen molar-refractivity contribution < 1.29 is 28.6 Å². The van der Waals surface area contributed by atoms with E-state index in [0.717, 1.165) is 36.1 Å². The van der Waals surface area contributed by atoms with Crippen molar-refractivity contribution in [1.29, 1.82) is 0 Å². The summed E-state index contributed by atoms with van der Waals surface area (Å²) in [4.78, 5) is 35.1. The van der Waals surface area contributed by atoms with Crippen molar-refractivity contribution in [3.63, 3.8) is 0 Å². The summed E-state index contributed by atoms with van der Waals surface area (Å²) in [6, 6.07) is 11.1. The summed E-state index contributed by atoms with van der Waals surface area (Å²) in [5.74, 6) is 1.49. The monoisotopic (exact) mass is 513 g/mol. The molecule has 0 saturated carbocycles. The van der Waals surface area contributed by atoms with E-state index in [0.29, 0.717) is 23.7 Å². The number of methoxy groups -OCH3 is 3. The van der Waals surface area contributed by atoms with Gasteiger partial charge in [0.15, 0.2) is 11.5 Å². The standard InChI is InChI=1S/C21H24N2O5.C7H15NO/c1-23-12-19(24)22-16(21(23)25)9-13-5-7-14(8-6-13)15-10-17(26-2)20(28-4)18(11-15)27-3;1-2-3-4-5-6-8-7-9/h5-8,10-11,16H,9,12H2,1-4H3,(H,22,24);7H,2-6H2,1H3,(H,8,9). The van der Waals surface area contributed by atoms with E-state index in [4.69, 9.17) is 14.2 Å². The normalized spacial score (nSPS) is 14.7. The average Bonchev–Trinajstić information content (AvgIpc) is 2.91. The number of unbranched alkanes of at least 4 members (excludes halogenated alkanes) is 3. The van der Waals surface area contributed by atoms with Crippen LogP contribution in [0.4, 0.5) is 0 Å². The Balaban J connectivity index is 0.000000458. The molecule has 3 rings (SSSR count). The van der Waals surface area contributed by atoms with Crippen LogP contribution in [0.5, 0.6) is 17.2 Å². The minimum atomic E-state index is -0.529. The molecule has 1 saturated heterocycles. The summed E-state index contributed by atoms with van der Waals surface area (Å²) in [6.45, 7) is 3.12. The number of ether oxygens (including phenoxy) is 3. The van der Waals surface area contributed by atoms with Crippen molar-refractivity contribution >= 4 is 18.2 Å². The van der Waals surface area contributed by atoms with E-state index in [1.54, 1.807) is 28.4 Å². The number of nitrogens with zero attached hydrogens (tertiary/aromatic N) is 1. The maximum atomic E-state index is 12.2. The Labute approximate surface area is 219 Å². The van der Waals surface area contributed by atoms with Gasteiger partial charge >= 0.3 is 0 Å². The van der Waals surface area contributed by atoms with Crippen LogP contribution in [0.2, 0.25) is 0 Å². The van der Waals surface area contributed by atoms with E-state index in [1.807, 2.05) is 36.4 Å². The molecule has 37 heavy (non-hydrogen) atoms. The third-order valence-electron chi connectivity index (χ3n) is 6.04. The summed E-state index contributed by atoms with van der Waals surface area (Å²) in [5, 5.41) is 5.38. The van der Waals surface area contributed by atoms with Crippen molar-refractivity contribution in [2.24, 2.45) is 0 Å². The quantitative estimate of drug-likeness (QED) is 0.334. The van der Waals surface area contributed by atoms with Crippen LogP contribution >= 0.6 is 0 Å². The maximum Gasteiger partial charge on any atom is 0.245 e. The highest BCUT2D eigenvalue weighted by Gasteiger charge is 2.30. The Morgan fingerprint density at radius 1 is 0.973 bits per heavy atom. The molecule has 2 aromatic carbocycles. The van der Waals surface area contributed by atoms with Gasteiger partial charge in [0.05, 0.1) is 27.9 Å². The first kappa shape index (κ1) is 29.5. The molecule has 1 aliphatic rings. The lowest BCUT2D eigenvalue weighted by atomic mass is 9.99. The van der Waals surface area contributed by atoms with Gasteiger partial charge < -0.3 is 29.7 Å². The lowest BCUT2D eigenvalue weighted by Gasteiger charge is -2.29. The molecule has 3 amide bonds. The first-order valence-electron chi connectivity index (χ1n) is 12.5. The van der Waals surface area contributed by atoms with E-state index in [1.165, 1.54) is 24.2 Å². The van der Waals surface area contributed by atoms with Crippen molar-refractivity contribution in [3.05, 3.63) is 42.0 Å². The number of amides is 3. The second kappa shape index (κ2) is 15.4. The van der Waals surface area contributed by atoms with Gasteiger partial charge in [0.2, 0.25) is 24.0 Å². The minimum Gasteiger partial charge on any atom is -0.493 e. The second-order valence-electron chi connectivity index (χ2n) is 8.76. The summed E-state index contributed by atoms with van der Waals surface area (Å²) in [6.07, 6.45) is 6.09. The summed E-state index contributed by atoms with van der Waals surface area (Å²) in [5.41, 5.74) is 2.85. The van der Waals surface area contributed by atoms with Gasteiger partial charge in [-0.3, -0.25) is 14.4 Å². The number of nitrogens with one attached hydrogen (secondary N) is 2. The molecule has 2 aromatic rings. The van der Waals surface area contributed by atoms with Gasteiger partial charge in [-0.05, 0) is 35.2 Å². The van der Waals surface area contributed by atoms with Crippen molar-refractivity contribution in [2.45, 2.75) is 45.1 Å². The molecule has 1 atom stereocenters. The molecule has 0 aliphatic carbocycles. The SMILES string of the molecule is CCCCCCNC=O.COc1cc(-c2ccc(CC3NC(=O)CN(C)C3=O)cc2)cc(OC)c1OC. The highest BCUT2D eigenvalue weighted by Crippen LogP contribution is 2.41. The first-order valence-corrected chi connectivity index (χ1v) is 12.5. The fourth-order valence-electron chi connectivity index (χ4n) is 4.03. The molecule has 1 aliphatic heterocycles. The van der Waals surface area contributed by atoms with Gasteiger partial charge in [0.1, 0.15) is 6.04 Å². The molecular weight excluding hydrogens is 474 g/mol. The van der Waals surface area contributed by atoms with Crippen LogP contribution in [0, 0.1) is 0 Å². The van der Waals surface area contributed by atoms with Crippen LogP contribution in [0.3, 0.4) is 0 Å². The third-order valence-corrected chi connectivity index (χ3v) is 6.04. The molecule has 1 unspecified atom stereocenters. The molecule has 1 heterocycles. The summed E-state index contributed by atoms with van der Waals surface area (Å²) < 4.78 is 16.2. The lowest BCUT2D eigenvalue weighted by Crippen LogP contribution is -2.57. The first-order chi connectivity index (χ1) is 17.9. The third kappa shape index (κ3) is 8.70. The van der Waals surface area contributed by atoms with Crippen LogP contribution in [-0.4, -0.2) is 70.6 Å². The van der Waals surface area contributed by atoms with Gasteiger partial charge in [-0.15, -0.1) is 0 Å². The number of hydrogen-bond donors (Lipinski definition) is 2. The fraction of sp³-hybridized carbons (Fsp3) is 0.464. The van der Waals surface area contributed by atoms with Gasteiger partial charge in [-0.2, -0.15) is 0 Å². The topological polar surface area (TPSA) is 106 Å². The van der Waals surface area contributed by atoms with E-state index in [2.05, 4.69) is 17.6 Å². The highest BCUT2D eigenvalue weighted by molar-refractivity contribution is 5.94. The highest BCUT2D eigenvalue weighted by atomic mass is 16.5. The minimum absolute atomic E-state index is 0.0756. The van der Waals surface area contributed by atoms with Gasteiger partial charge in [-0.25, -0.2) is 0 Å². The zero-order valence-electron chi connectivity index (χ0n) is 22.5. The summed E-state index contributed by atoms with van der Waals surface area (Å²) in [7, 11) is 6.37. The Bertz CT molecular complexity index is 1000. The van der Waals surface area contributed by atoms with Crippen LogP contribution < -0.4 is 24.8 Å². The number of rotatable bonds is 12. The van der Waals surface area contributed by atoms with Crippen LogP contribution in [-0.2, 0) is 20.8 Å². The van der Waals surface area contributed by atoms with Crippen molar-refractivity contribution in [1.82, 2.24) is 15.5 Å². The Hall–Kier alpha value is -3.75. The molecule has 2 N–H and O–H groups in total. The number of benzene rings is 2. The summed E-state index contributed by atoms with van der Waals surface area (Å²) >= 11 is 0. The van der Waals surface area contributed by atoms with E-state index in [-0.39, 0.29) is 18.4 Å². The molecule has 202 valence electrons. The smallest absolute Gasteiger partial charge is 0.245 e. The van der Waals surface area contributed by atoms with Crippen LogP contribution in [0.25, 0.3) is 11.1 Å². The lowest BCUT2D eigenvalue weighted by molar-refractivity contribution is -0.142. The number of likely N-dealkylation sites (N-methyl/N-ethyl adjacent to an activating group) is 1. The Kier molecular flexibility index (Phi) is 12.3. The second-order valence-corrected chi connectivity index (χ2v) is 8.76. The molecular formula is C28H39N3O6. The van der Waals surface area contributed by atoms with Gasteiger partial charge in [0.25, 0.3) is 0 Å². The maximum absolute atomic E-state index is 12.2. The zero-order chi connectivity index (χ0) is 27.2. The van der Waals surface area contributed by atoms with Crippen LogP contribution in [0.15, 0.2) is 36.4 Å². The fourth-order valence-corrected chi connectivity index (χ4v) is 4.03. The predicted molar refractivity (Wildman–Crippen MR) is 143 cm³/mol. The largest absolute Gasteiger partial charge is 0.493 e. The molecule has 1 fully saturated rings. The van der Waals surface area contributed by atoms with Crippen LogP contribution in [0.1, 0.15) is 38.2 Å². The van der Waals surface area contributed by atoms with E-state index >= 15 is 0 Å². The molecule has 9 nitrogen and oxygen atoms in total. The predicted octanol–water partition coefficient (Wildman–Crippen LogP) is 3.19. The number of hydrogen-bond acceptors (Lipinski definition) is 6. The molecule has 0 aromatic heterocycles. The zero-order valence-corrected chi connectivity index (χ0v) is 22.5. The van der Waals surface area contributed by atoms with Crippen molar-refractivity contribution in [2.75, 3.05) is 41.5 Å². The van der Waals surface area contributed by atoms with Crippen molar-refractivity contribution in [3.8, 4) is 28.4 Å².